The normalized spacial score (nSPS) is 10.4. The molecule has 2 rings (SSSR count). The molecule has 1 aromatic heterocycles. The molecule has 1 N–H and O–H groups in total. The molecule has 0 saturated carbocycles. The maximum absolute atomic E-state index is 8.83. The van der Waals surface area contributed by atoms with Gasteiger partial charge in [0, 0.05) is 4.47 Å². The number of hydrogen-bond donors (Lipinski definition) is 1. The zero-order valence-electron chi connectivity index (χ0n) is 8.52. The summed E-state index contributed by atoms with van der Waals surface area (Å²) >= 11 is 3.35. The van der Waals surface area contributed by atoms with Crippen molar-refractivity contribution < 1.29 is 14.3 Å². The summed E-state index contributed by atoms with van der Waals surface area (Å²) in [5.74, 6) is 2.03. The van der Waals surface area contributed by atoms with E-state index in [0.717, 1.165) is 10.2 Å². The van der Waals surface area contributed by atoms with Gasteiger partial charge in [-0.25, -0.2) is 0 Å². The second-order valence-corrected chi connectivity index (χ2v) is 4.18. The van der Waals surface area contributed by atoms with Crippen molar-refractivity contribution in [3.05, 3.63) is 52.4 Å². The first kappa shape index (κ1) is 11.2. The lowest BCUT2D eigenvalue weighted by Crippen LogP contribution is -1.93. The Kier molecular flexibility index (Phi) is 3.64. The van der Waals surface area contributed by atoms with Crippen molar-refractivity contribution in [2.75, 3.05) is 0 Å². The molecule has 1 aromatic carbocycles. The van der Waals surface area contributed by atoms with Crippen LogP contribution in [0.2, 0.25) is 0 Å². The van der Waals surface area contributed by atoms with Gasteiger partial charge in [-0.05, 0) is 36.4 Å². The Morgan fingerprint density at radius 3 is 2.38 bits per heavy atom. The molecule has 2 aromatic rings. The molecule has 0 spiro atoms. The molecular weight excluding hydrogens is 272 g/mol. The van der Waals surface area contributed by atoms with E-state index < -0.39 is 0 Å². The first-order valence-electron chi connectivity index (χ1n) is 4.85. The van der Waals surface area contributed by atoms with E-state index in [1.54, 1.807) is 12.1 Å². The third-order valence-electron chi connectivity index (χ3n) is 2.07. The summed E-state index contributed by atoms with van der Waals surface area (Å²) < 4.78 is 11.8. The van der Waals surface area contributed by atoms with E-state index in [4.69, 9.17) is 14.3 Å². The van der Waals surface area contributed by atoms with Crippen molar-refractivity contribution >= 4 is 15.9 Å². The van der Waals surface area contributed by atoms with Gasteiger partial charge in [0.2, 0.25) is 0 Å². The summed E-state index contributed by atoms with van der Waals surface area (Å²) in [6, 6.07) is 11.1. The zero-order chi connectivity index (χ0) is 11.4. The summed E-state index contributed by atoms with van der Waals surface area (Å²) in [6.45, 7) is 0.278. The summed E-state index contributed by atoms with van der Waals surface area (Å²) in [5, 5.41) is 8.83. The molecule has 0 aliphatic rings. The number of aliphatic hydroxyl groups is 1. The van der Waals surface area contributed by atoms with Crippen LogP contribution >= 0.6 is 15.9 Å². The van der Waals surface area contributed by atoms with Gasteiger partial charge in [0.1, 0.15) is 30.5 Å². The van der Waals surface area contributed by atoms with Gasteiger partial charge in [0.05, 0.1) is 0 Å². The van der Waals surface area contributed by atoms with Crippen LogP contribution in [0, 0.1) is 0 Å². The number of hydrogen-bond acceptors (Lipinski definition) is 3. The smallest absolute Gasteiger partial charge is 0.146 e. The maximum atomic E-state index is 8.83. The molecule has 0 unspecified atom stereocenters. The van der Waals surface area contributed by atoms with Gasteiger partial charge in [0.15, 0.2) is 0 Å². The predicted molar refractivity (Wildman–Crippen MR) is 63.1 cm³/mol. The molecule has 4 heteroatoms. The second kappa shape index (κ2) is 5.18. The number of rotatable bonds is 4. The first-order valence-corrected chi connectivity index (χ1v) is 5.64. The predicted octanol–water partition coefficient (Wildman–Crippen LogP) is 3.11. The quantitative estimate of drug-likeness (QED) is 0.937. The number of aliphatic hydroxyl groups excluding tert-OH is 1. The highest BCUT2D eigenvalue weighted by molar-refractivity contribution is 9.10. The molecule has 1 heterocycles. The Hall–Kier alpha value is -1.26. The highest BCUT2D eigenvalue weighted by Gasteiger charge is 2.01. The average Bonchev–Trinajstić information content (AvgIpc) is 2.76. The van der Waals surface area contributed by atoms with Crippen LogP contribution in [0.5, 0.6) is 5.75 Å². The van der Waals surface area contributed by atoms with E-state index in [9.17, 15) is 0 Å². The Labute approximate surface area is 102 Å². The number of furan rings is 1. The van der Waals surface area contributed by atoms with Crippen LogP contribution < -0.4 is 4.74 Å². The van der Waals surface area contributed by atoms with E-state index in [-0.39, 0.29) is 6.61 Å². The fourth-order valence-electron chi connectivity index (χ4n) is 1.27. The zero-order valence-corrected chi connectivity index (χ0v) is 10.1. The van der Waals surface area contributed by atoms with Gasteiger partial charge in [-0.15, -0.1) is 0 Å². The molecule has 0 aliphatic carbocycles. The fourth-order valence-corrected chi connectivity index (χ4v) is 1.53. The number of ether oxygens (including phenoxy) is 1. The van der Waals surface area contributed by atoms with Gasteiger partial charge >= 0.3 is 0 Å². The average molecular weight is 283 g/mol. The summed E-state index contributed by atoms with van der Waals surface area (Å²) in [6.07, 6.45) is 0. The highest BCUT2D eigenvalue weighted by atomic mass is 79.9. The van der Waals surface area contributed by atoms with Crippen LogP contribution in [0.25, 0.3) is 0 Å². The van der Waals surface area contributed by atoms with Gasteiger partial charge in [-0.3, -0.25) is 0 Å². The molecule has 0 saturated heterocycles. The van der Waals surface area contributed by atoms with Crippen LogP contribution in [0.15, 0.2) is 45.3 Å². The molecule has 0 fully saturated rings. The number of halogens is 1. The fraction of sp³-hybridized carbons (Fsp3) is 0.167. The molecule has 0 radical (unpaired) electrons. The largest absolute Gasteiger partial charge is 0.486 e. The molecule has 16 heavy (non-hydrogen) atoms. The lowest BCUT2D eigenvalue weighted by Gasteiger charge is -2.03. The summed E-state index contributed by atoms with van der Waals surface area (Å²) in [5.41, 5.74) is 0. The molecule has 84 valence electrons. The van der Waals surface area contributed by atoms with Crippen molar-refractivity contribution in [2.24, 2.45) is 0 Å². The van der Waals surface area contributed by atoms with Crippen molar-refractivity contribution in [1.29, 1.82) is 0 Å². The van der Waals surface area contributed by atoms with Crippen molar-refractivity contribution in [2.45, 2.75) is 13.2 Å². The van der Waals surface area contributed by atoms with Crippen LogP contribution in [-0.4, -0.2) is 5.11 Å². The summed E-state index contributed by atoms with van der Waals surface area (Å²) in [4.78, 5) is 0. The highest BCUT2D eigenvalue weighted by Crippen LogP contribution is 2.18. The van der Waals surface area contributed by atoms with Crippen LogP contribution in [0.4, 0.5) is 0 Å². The monoisotopic (exact) mass is 282 g/mol. The third kappa shape index (κ3) is 2.87. The van der Waals surface area contributed by atoms with E-state index >= 15 is 0 Å². The molecule has 3 nitrogen and oxygen atoms in total. The van der Waals surface area contributed by atoms with Gasteiger partial charge < -0.3 is 14.3 Å². The molecule has 0 atom stereocenters. The van der Waals surface area contributed by atoms with Gasteiger partial charge in [0.25, 0.3) is 0 Å². The van der Waals surface area contributed by atoms with Crippen molar-refractivity contribution in [3.8, 4) is 5.75 Å². The Balaban J connectivity index is 1.94. The standard InChI is InChI=1S/C12H11BrO3/c13-9-1-3-10(4-2-9)15-8-12-6-5-11(7-14)16-12/h1-6,14H,7-8H2. The van der Waals surface area contributed by atoms with Crippen LogP contribution in [-0.2, 0) is 13.2 Å². The molecular formula is C12H11BrO3. The first-order chi connectivity index (χ1) is 7.78. The summed E-state index contributed by atoms with van der Waals surface area (Å²) in [7, 11) is 0. The van der Waals surface area contributed by atoms with E-state index in [2.05, 4.69) is 15.9 Å². The SMILES string of the molecule is OCc1ccc(COc2ccc(Br)cc2)o1. The Morgan fingerprint density at radius 1 is 1.06 bits per heavy atom. The minimum atomic E-state index is -0.0850. The van der Waals surface area contributed by atoms with Gasteiger partial charge in [-0.1, -0.05) is 15.9 Å². The lowest BCUT2D eigenvalue weighted by atomic mass is 10.3. The Morgan fingerprint density at radius 2 is 1.75 bits per heavy atom. The van der Waals surface area contributed by atoms with E-state index in [0.29, 0.717) is 18.1 Å². The van der Waals surface area contributed by atoms with Crippen molar-refractivity contribution in [1.82, 2.24) is 0 Å². The second-order valence-electron chi connectivity index (χ2n) is 3.27. The minimum absolute atomic E-state index is 0.0850. The minimum Gasteiger partial charge on any atom is -0.486 e. The lowest BCUT2D eigenvalue weighted by molar-refractivity contribution is 0.225. The molecule has 0 aliphatic heterocycles. The van der Waals surface area contributed by atoms with E-state index in [1.807, 2.05) is 24.3 Å². The van der Waals surface area contributed by atoms with Crippen LogP contribution in [0.3, 0.4) is 0 Å². The third-order valence-corrected chi connectivity index (χ3v) is 2.60. The van der Waals surface area contributed by atoms with Crippen LogP contribution in [0.1, 0.15) is 11.5 Å². The molecule has 0 amide bonds. The van der Waals surface area contributed by atoms with Gasteiger partial charge in [-0.2, -0.15) is 0 Å². The topological polar surface area (TPSA) is 42.6 Å². The maximum Gasteiger partial charge on any atom is 0.146 e. The van der Waals surface area contributed by atoms with E-state index in [1.165, 1.54) is 0 Å². The Bertz CT molecular complexity index is 448. The number of benzene rings is 1. The van der Waals surface area contributed by atoms with Crippen molar-refractivity contribution in [3.63, 3.8) is 0 Å². The molecule has 0 bridgehead atoms.